The second-order valence-corrected chi connectivity index (χ2v) is 14.8. The summed E-state index contributed by atoms with van der Waals surface area (Å²) in [5.41, 5.74) is 1.39. The van der Waals surface area contributed by atoms with E-state index in [4.69, 9.17) is 21.1 Å². The van der Waals surface area contributed by atoms with Crippen LogP contribution in [0.25, 0.3) is 0 Å². The largest absolute Gasteiger partial charge is 0.455 e. The van der Waals surface area contributed by atoms with Gasteiger partial charge in [-0.2, -0.15) is 0 Å². The number of amides is 3. The number of halogens is 1. The molecule has 3 heterocycles. The highest BCUT2D eigenvalue weighted by Gasteiger charge is 2.76. The molecule has 284 valence electrons. The fourth-order valence-corrected chi connectivity index (χ4v) is 8.97. The lowest BCUT2D eigenvalue weighted by Gasteiger charge is -2.39. The monoisotopic (exact) mass is 753 g/mol. The molecule has 2 bridgehead atoms. The molecule has 3 aromatic carbocycles. The predicted molar refractivity (Wildman–Crippen MR) is 207 cm³/mol. The van der Waals surface area contributed by atoms with E-state index in [2.05, 4.69) is 18.5 Å². The molecule has 0 radical (unpaired) electrons. The van der Waals surface area contributed by atoms with Crippen LogP contribution in [0.3, 0.4) is 0 Å². The molecule has 3 fully saturated rings. The van der Waals surface area contributed by atoms with Crippen LogP contribution in [0.15, 0.2) is 104 Å². The number of para-hydroxylation sites is 1. The Morgan fingerprint density at radius 3 is 2.43 bits per heavy atom. The van der Waals surface area contributed by atoms with Crippen LogP contribution in [0.4, 0.5) is 5.69 Å². The summed E-state index contributed by atoms with van der Waals surface area (Å²) in [4.78, 5) is 60.5. The van der Waals surface area contributed by atoms with Crippen LogP contribution >= 0.6 is 11.6 Å². The molecule has 2 N–H and O–H groups in total. The second kappa shape index (κ2) is 16.7. The minimum Gasteiger partial charge on any atom is -0.455 e. The zero-order valence-electron chi connectivity index (χ0n) is 30.7. The van der Waals surface area contributed by atoms with Gasteiger partial charge in [-0.15, -0.1) is 13.2 Å². The van der Waals surface area contributed by atoms with Crippen molar-refractivity contribution in [1.82, 2.24) is 10.2 Å². The molecular weight excluding hydrogens is 706 g/mol. The molecule has 3 aliphatic heterocycles. The zero-order valence-corrected chi connectivity index (χ0v) is 31.5. The molecule has 0 unspecified atom stereocenters. The van der Waals surface area contributed by atoms with Crippen molar-refractivity contribution in [1.29, 1.82) is 0 Å². The number of nitrogens with zero attached hydrogens (tertiary/aromatic N) is 2. The van der Waals surface area contributed by atoms with Crippen molar-refractivity contribution in [2.75, 3.05) is 18.1 Å². The van der Waals surface area contributed by atoms with Gasteiger partial charge in [0.05, 0.1) is 47.3 Å². The van der Waals surface area contributed by atoms with Gasteiger partial charge in [-0.05, 0) is 62.3 Å². The summed E-state index contributed by atoms with van der Waals surface area (Å²) in [5.74, 6) is -3.86. The summed E-state index contributed by atoms with van der Waals surface area (Å²) in [6.07, 6.45) is 3.45. The first-order valence-electron chi connectivity index (χ1n) is 18.5. The standard InChI is InChI=1S/C43H48ClN3O7/c1-5-7-21-34(49)45-28(4)38(30-18-12-9-13-19-30)53-42(52)35-33-22-23-43(54-33)36(35)40(50)47(31(26-48)25-29-16-10-8-11-17-29)39(43)41(51)46(24-6-2)37-27(3)15-14-20-32(37)44/h5-6,8-20,28,31,33,35-36,38-39,48H,1-2,7,21-26H2,3-4H3,(H,45,49)/t28-,31+,33-,35+,36+,38-,39-,43+/m0/s1. The maximum atomic E-state index is 15.2. The topological polar surface area (TPSA) is 125 Å². The van der Waals surface area contributed by atoms with Crippen molar-refractivity contribution in [2.24, 2.45) is 11.8 Å². The van der Waals surface area contributed by atoms with E-state index in [1.807, 2.05) is 73.7 Å². The molecule has 3 saturated heterocycles. The fourth-order valence-electron chi connectivity index (χ4n) is 8.64. The average Bonchev–Trinajstić information content (AvgIpc) is 3.82. The lowest BCUT2D eigenvalue weighted by atomic mass is 9.70. The fraction of sp³-hybridized carbons (Fsp3) is 0.395. The first-order chi connectivity index (χ1) is 26.1. The molecule has 1 spiro atoms. The van der Waals surface area contributed by atoms with Gasteiger partial charge in [-0.3, -0.25) is 19.2 Å². The summed E-state index contributed by atoms with van der Waals surface area (Å²) < 4.78 is 13.0. The third-order valence-corrected chi connectivity index (χ3v) is 11.3. The number of anilines is 1. The Morgan fingerprint density at radius 1 is 1.07 bits per heavy atom. The highest BCUT2D eigenvalue weighted by molar-refractivity contribution is 6.34. The predicted octanol–water partition coefficient (Wildman–Crippen LogP) is 5.90. The van der Waals surface area contributed by atoms with Crippen molar-refractivity contribution in [3.05, 3.63) is 126 Å². The summed E-state index contributed by atoms with van der Waals surface area (Å²) in [6.45, 7) is 10.9. The Morgan fingerprint density at radius 2 is 1.78 bits per heavy atom. The minimum absolute atomic E-state index is 0.0925. The van der Waals surface area contributed by atoms with Crippen molar-refractivity contribution < 1.29 is 33.8 Å². The van der Waals surface area contributed by atoms with Crippen molar-refractivity contribution in [3.8, 4) is 0 Å². The Hall–Kier alpha value is -4.77. The van der Waals surface area contributed by atoms with Gasteiger partial charge in [-0.25, -0.2) is 0 Å². The summed E-state index contributed by atoms with van der Waals surface area (Å²) in [6, 6.07) is 21.3. The number of aliphatic hydroxyl groups is 1. The highest BCUT2D eigenvalue weighted by atomic mass is 35.5. The minimum atomic E-state index is -1.38. The van der Waals surface area contributed by atoms with E-state index in [0.717, 1.165) is 11.1 Å². The number of rotatable bonds is 16. The van der Waals surface area contributed by atoms with Gasteiger partial charge in [0.25, 0.3) is 5.91 Å². The Balaban J connectivity index is 1.39. The number of hydrogen-bond donors (Lipinski definition) is 2. The van der Waals surface area contributed by atoms with E-state index in [-0.39, 0.29) is 25.3 Å². The highest BCUT2D eigenvalue weighted by Crippen LogP contribution is 2.59. The van der Waals surface area contributed by atoms with E-state index in [9.17, 15) is 14.7 Å². The molecule has 11 heteroatoms. The number of ether oxygens (including phenoxy) is 2. The molecule has 0 aliphatic carbocycles. The number of carbonyl (C=O) groups excluding carboxylic acids is 4. The quantitative estimate of drug-likeness (QED) is 0.138. The molecule has 3 amide bonds. The molecule has 0 aromatic heterocycles. The maximum absolute atomic E-state index is 15.2. The normalized spacial score (nSPS) is 24.3. The Bertz CT molecular complexity index is 1850. The third kappa shape index (κ3) is 7.34. The number of allylic oxidation sites excluding steroid dienone is 1. The van der Waals surface area contributed by atoms with Crippen LogP contribution < -0.4 is 10.2 Å². The summed E-state index contributed by atoms with van der Waals surface area (Å²) >= 11 is 6.73. The van der Waals surface area contributed by atoms with Gasteiger partial charge < -0.3 is 29.7 Å². The van der Waals surface area contributed by atoms with E-state index in [0.29, 0.717) is 35.5 Å². The third-order valence-electron chi connectivity index (χ3n) is 11.0. The molecular formula is C43H48ClN3O7. The Kier molecular flexibility index (Phi) is 12.1. The number of esters is 1. The molecule has 8 atom stereocenters. The number of nitrogens with one attached hydrogen (secondary N) is 1. The van der Waals surface area contributed by atoms with Gasteiger partial charge in [0.1, 0.15) is 17.7 Å². The van der Waals surface area contributed by atoms with Crippen molar-refractivity contribution >= 4 is 41.0 Å². The van der Waals surface area contributed by atoms with Gasteiger partial charge in [0.15, 0.2) is 0 Å². The zero-order chi connectivity index (χ0) is 38.6. The second-order valence-electron chi connectivity index (χ2n) is 14.4. The van der Waals surface area contributed by atoms with E-state index in [1.54, 1.807) is 31.2 Å². The number of carbonyl (C=O) groups is 4. The van der Waals surface area contributed by atoms with Gasteiger partial charge in [-0.1, -0.05) is 96.5 Å². The number of benzene rings is 3. The summed E-state index contributed by atoms with van der Waals surface area (Å²) in [7, 11) is 0. The van der Waals surface area contributed by atoms with Crippen LogP contribution in [0.2, 0.25) is 5.02 Å². The van der Waals surface area contributed by atoms with Crippen molar-refractivity contribution in [2.45, 2.75) is 81.9 Å². The molecule has 54 heavy (non-hydrogen) atoms. The van der Waals surface area contributed by atoms with E-state index in [1.165, 1.54) is 9.80 Å². The first-order valence-corrected chi connectivity index (χ1v) is 18.9. The van der Waals surface area contributed by atoms with Crippen molar-refractivity contribution in [3.63, 3.8) is 0 Å². The van der Waals surface area contributed by atoms with Crippen LogP contribution in [-0.2, 0) is 35.1 Å². The number of aryl methyl sites for hydroxylation is 1. The molecule has 3 aromatic rings. The Labute approximate surface area is 321 Å². The lowest BCUT2D eigenvalue weighted by Crippen LogP contribution is -2.59. The van der Waals surface area contributed by atoms with Crippen LogP contribution in [-0.4, -0.2) is 76.7 Å². The van der Waals surface area contributed by atoms with Crippen LogP contribution in [0, 0.1) is 18.8 Å². The molecule has 0 saturated carbocycles. The van der Waals surface area contributed by atoms with E-state index >= 15 is 9.59 Å². The lowest BCUT2D eigenvalue weighted by molar-refractivity contribution is -0.162. The van der Waals surface area contributed by atoms with Gasteiger partial charge in [0, 0.05) is 13.0 Å². The SMILES string of the molecule is C=CCCC(=O)N[C@@H](C)[C@H](OC(=O)[C@@H]1[C@@H]2CC[C@]3(O2)[C@H](C(=O)N(CC=C)c2c(C)cccc2Cl)N([C@@H](CO)Cc2ccccc2)C(=O)[C@@H]13)c1ccccc1. The smallest absolute Gasteiger partial charge is 0.313 e. The summed E-state index contributed by atoms with van der Waals surface area (Å²) in [5, 5.41) is 14.2. The number of likely N-dealkylation sites (tertiary alicyclic amines) is 1. The molecule has 3 aliphatic rings. The number of hydrogen-bond acceptors (Lipinski definition) is 7. The van der Waals surface area contributed by atoms with Crippen LogP contribution in [0.5, 0.6) is 0 Å². The first kappa shape index (κ1) is 38.9. The maximum Gasteiger partial charge on any atom is 0.313 e. The number of fused-ring (bicyclic) bond motifs is 1. The molecule has 10 nitrogen and oxygen atoms in total. The average molecular weight is 754 g/mol. The van der Waals surface area contributed by atoms with E-state index < -0.39 is 72.2 Å². The number of aliphatic hydroxyl groups excluding tert-OH is 1. The van der Waals surface area contributed by atoms with Gasteiger partial charge >= 0.3 is 5.97 Å². The molecule has 6 rings (SSSR count). The van der Waals surface area contributed by atoms with Crippen LogP contribution in [0.1, 0.15) is 55.4 Å². The van der Waals surface area contributed by atoms with Gasteiger partial charge in [0.2, 0.25) is 11.8 Å².